The van der Waals surface area contributed by atoms with Crippen LogP contribution in [0.4, 0.5) is 0 Å². The standard InChI is InChI=1S/C13H28N2O2/c1-5-17-11(4)9-15-13(16)7-12(8-14)6-10(2)3/h10-12H,5-9,14H2,1-4H3,(H,15,16)/t11?,12-/m0/s1. The molecular formula is C13H28N2O2. The van der Waals surface area contributed by atoms with Gasteiger partial charge in [0.05, 0.1) is 6.10 Å². The molecule has 17 heavy (non-hydrogen) atoms. The molecule has 0 heterocycles. The van der Waals surface area contributed by atoms with Crippen LogP contribution in [0.3, 0.4) is 0 Å². The minimum Gasteiger partial charge on any atom is -0.377 e. The van der Waals surface area contributed by atoms with E-state index >= 15 is 0 Å². The van der Waals surface area contributed by atoms with E-state index in [9.17, 15) is 4.79 Å². The molecule has 102 valence electrons. The molecular weight excluding hydrogens is 216 g/mol. The molecule has 0 rings (SSSR count). The molecule has 4 nitrogen and oxygen atoms in total. The smallest absolute Gasteiger partial charge is 0.220 e. The maximum absolute atomic E-state index is 11.7. The summed E-state index contributed by atoms with van der Waals surface area (Å²) in [6.07, 6.45) is 1.60. The summed E-state index contributed by atoms with van der Waals surface area (Å²) < 4.78 is 5.35. The molecule has 0 spiro atoms. The fourth-order valence-corrected chi connectivity index (χ4v) is 1.86. The number of amides is 1. The Hall–Kier alpha value is -0.610. The van der Waals surface area contributed by atoms with E-state index < -0.39 is 0 Å². The lowest BCUT2D eigenvalue weighted by molar-refractivity contribution is -0.122. The van der Waals surface area contributed by atoms with Crippen LogP contribution < -0.4 is 11.1 Å². The highest BCUT2D eigenvalue weighted by molar-refractivity contribution is 5.76. The Morgan fingerprint density at radius 1 is 1.35 bits per heavy atom. The SMILES string of the molecule is CCOC(C)CNC(=O)C[C@@H](CN)CC(C)C. The zero-order valence-corrected chi connectivity index (χ0v) is 11.7. The monoisotopic (exact) mass is 244 g/mol. The summed E-state index contributed by atoms with van der Waals surface area (Å²) in [5.41, 5.74) is 5.67. The Balaban J connectivity index is 3.82. The van der Waals surface area contributed by atoms with Gasteiger partial charge in [0.25, 0.3) is 0 Å². The van der Waals surface area contributed by atoms with Crippen molar-refractivity contribution >= 4 is 5.91 Å². The molecule has 0 aromatic carbocycles. The molecule has 1 amide bonds. The highest BCUT2D eigenvalue weighted by atomic mass is 16.5. The van der Waals surface area contributed by atoms with Gasteiger partial charge in [-0.2, -0.15) is 0 Å². The molecule has 0 aliphatic carbocycles. The molecule has 0 bridgehead atoms. The lowest BCUT2D eigenvalue weighted by Crippen LogP contribution is -2.34. The van der Waals surface area contributed by atoms with Crippen LogP contribution in [0.5, 0.6) is 0 Å². The van der Waals surface area contributed by atoms with Crippen LogP contribution >= 0.6 is 0 Å². The molecule has 0 aliphatic heterocycles. The lowest BCUT2D eigenvalue weighted by Gasteiger charge is -2.18. The summed E-state index contributed by atoms with van der Waals surface area (Å²) in [6, 6.07) is 0. The Bertz CT molecular complexity index is 208. The van der Waals surface area contributed by atoms with Gasteiger partial charge >= 0.3 is 0 Å². The third kappa shape index (κ3) is 9.12. The molecule has 3 N–H and O–H groups in total. The largest absolute Gasteiger partial charge is 0.377 e. The van der Waals surface area contributed by atoms with Crippen molar-refractivity contribution in [1.82, 2.24) is 5.32 Å². The van der Waals surface area contributed by atoms with Crippen molar-refractivity contribution in [2.75, 3.05) is 19.7 Å². The van der Waals surface area contributed by atoms with E-state index in [2.05, 4.69) is 19.2 Å². The van der Waals surface area contributed by atoms with Gasteiger partial charge in [0.1, 0.15) is 0 Å². The average Bonchev–Trinajstić information content (AvgIpc) is 2.25. The Kier molecular flexibility index (Phi) is 9.09. The van der Waals surface area contributed by atoms with Gasteiger partial charge in [-0.15, -0.1) is 0 Å². The number of rotatable bonds is 9. The molecule has 0 aromatic heterocycles. The first-order valence-electron chi connectivity index (χ1n) is 6.57. The molecule has 1 unspecified atom stereocenters. The van der Waals surface area contributed by atoms with E-state index in [1.54, 1.807) is 0 Å². The minimum absolute atomic E-state index is 0.0744. The molecule has 0 saturated heterocycles. The fraction of sp³-hybridized carbons (Fsp3) is 0.923. The molecule has 4 heteroatoms. The van der Waals surface area contributed by atoms with Crippen molar-refractivity contribution < 1.29 is 9.53 Å². The number of ether oxygens (including phenoxy) is 1. The highest BCUT2D eigenvalue weighted by Gasteiger charge is 2.14. The average molecular weight is 244 g/mol. The molecule has 0 radical (unpaired) electrons. The summed E-state index contributed by atoms with van der Waals surface area (Å²) in [4.78, 5) is 11.7. The predicted molar refractivity (Wildman–Crippen MR) is 70.7 cm³/mol. The first-order chi connectivity index (χ1) is 7.99. The van der Waals surface area contributed by atoms with Crippen LogP contribution in [0.2, 0.25) is 0 Å². The van der Waals surface area contributed by atoms with Gasteiger partial charge in [0, 0.05) is 19.6 Å². The van der Waals surface area contributed by atoms with Crippen LogP contribution in [0.15, 0.2) is 0 Å². The van der Waals surface area contributed by atoms with Gasteiger partial charge < -0.3 is 15.8 Å². The van der Waals surface area contributed by atoms with E-state index in [1.165, 1.54) is 0 Å². The van der Waals surface area contributed by atoms with Gasteiger partial charge in [-0.3, -0.25) is 4.79 Å². The number of nitrogens with one attached hydrogen (secondary N) is 1. The lowest BCUT2D eigenvalue weighted by atomic mass is 9.94. The number of carbonyl (C=O) groups is 1. The van der Waals surface area contributed by atoms with E-state index in [4.69, 9.17) is 10.5 Å². The zero-order valence-electron chi connectivity index (χ0n) is 11.7. The van der Waals surface area contributed by atoms with Crippen molar-refractivity contribution in [3.8, 4) is 0 Å². The summed E-state index contributed by atoms with van der Waals surface area (Å²) in [7, 11) is 0. The Morgan fingerprint density at radius 2 is 2.00 bits per heavy atom. The Morgan fingerprint density at radius 3 is 2.47 bits per heavy atom. The summed E-state index contributed by atoms with van der Waals surface area (Å²) >= 11 is 0. The Labute approximate surface area is 105 Å². The fourth-order valence-electron chi connectivity index (χ4n) is 1.86. The summed E-state index contributed by atoms with van der Waals surface area (Å²) in [5, 5.41) is 2.89. The summed E-state index contributed by atoms with van der Waals surface area (Å²) in [6.45, 7) is 10.0. The van der Waals surface area contributed by atoms with E-state index in [-0.39, 0.29) is 17.9 Å². The first-order valence-corrected chi connectivity index (χ1v) is 6.57. The zero-order chi connectivity index (χ0) is 13.3. The molecule has 0 aliphatic rings. The maximum atomic E-state index is 11.7. The molecule has 2 atom stereocenters. The van der Waals surface area contributed by atoms with Crippen molar-refractivity contribution in [3.05, 3.63) is 0 Å². The van der Waals surface area contributed by atoms with Crippen molar-refractivity contribution in [1.29, 1.82) is 0 Å². The van der Waals surface area contributed by atoms with Crippen LogP contribution in [-0.2, 0) is 9.53 Å². The highest BCUT2D eigenvalue weighted by Crippen LogP contribution is 2.13. The number of nitrogens with two attached hydrogens (primary N) is 1. The van der Waals surface area contributed by atoms with E-state index in [0.29, 0.717) is 32.0 Å². The van der Waals surface area contributed by atoms with Gasteiger partial charge in [0.15, 0.2) is 0 Å². The quantitative estimate of drug-likeness (QED) is 0.646. The van der Waals surface area contributed by atoms with E-state index in [0.717, 1.165) is 6.42 Å². The number of carbonyl (C=O) groups excluding carboxylic acids is 1. The van der Waals surface area contributed by atoms with Gasteiger partial charge in [-0.25, -0.2) is 0 Å². The van der Waals surface area contributed by atoms with Crippen LogP contribution in [-0.4, -0.2) is 31.7 Å². The molecule has 0 saturated carbocycles. The van der Waals surface area contributed by atoms with Crippen molar-refractivity contribution in [2.24, 2.45) is 17.6 Å². The predicted octanol–water partition coefficient (Wildman–Crippen LogP) is 1.54. The van der Waals surface area contributed by atoms with Crippen molar-refractivity contribution in [3.63, 3.8) is 0 Å². The second-order valence-corrected chi connectivity index (χ2v) is 5.01. The third-order valence-electron chi connectivity index (χ3n) is 2.65. The molecule has 0 fully saturated rings. The number of hydrogen-bond donors (Lipinski definition) is 2. The third-order valence-corrected chi connectivity index (χ3v) is 2.65. The summed E-state index contributed by atoms with van der Waals surface area (Å²) in [5.74, 6) is 0.948. The second kappa shape index (κ2) is 9.42. The minimum atomic E-state index is 0.0744. The van der Waals surface area contributed by atoms with Crippen molar-refractivity contribution in [2.45, 2.75) is 46.6 Å². The van der Waals surface area contributed by atoms with Gasteiger partial charge in [-0.1, -0.05) is 13.8 Å². The first kappa shape index (κ1) is 16.4. The van der Waals surface area contributed by atoms with Gasteiger partial charge in [-0.05, 0) is 38.6 Å². The van der Waals surface area contributed by atoms with Crippen LogP contribution in [0, 0.1) is 11.8 Å². The normalized spacial score (nSPS) is 14.7. The van der Waals surface area contributed by atoms with E-state index in [1.807, 2.05) is 13.8 Å². The number of hydrogen-bond acceptors (Lipinski definition) is 3. The van der Waals surface area contributed by atoms with Crippen LogP contribution in [0.25, 0.3) is 0 Å². The van der Waals surface area contributed by atoms with Gasteiger partial charge in [0.2, 0.25) is 5.91 Å². The second-order valence-electron chi connectivity index (χ2n) is 5.01. The molecule has 0 aromatic rings. The topological polar surface area (TPSA) is 64.3 Å². The maximum Gasteiger partial charge on any atom is 0.220 e. The van der Waals surface area contributed by atoms with Crippen LogP contribution in [0.1, 0.15) is 40.5 Å².